The lowest BCUT2D eigenvalue weighted by Gasteiger charge is -2.39. The van der Waals surface area contributed by atoms with Crippen LogP contribution in [0, 0.1) is 26.7 Å². The molecule has 1 N–H and O–H groups in total. The van der Waals surface area contributed by atoms with Crippen LogP contribution in [0.3, 0.4) is 0 Å². The summed E-state index contributed by atoms with van der Waals surface area (Å²) in [4.78, 5) is 30.6. The van der Waals surface area contributed by atoms with Crippen LogP contribution < -0.4 is 5.32 Å². The average Bonchev–Trinajstić information content (AvgIpc) is 2.91. The van der Waals surface area contributed by atoms with Gasteiger partial charge in [-0.15, -0.1) is 0 Å². The highest BCUT2D eigenvalue weighted by Crippen LogP contribution is 2.23. The molecule has 0 atom stereocenters. The zero-order valence-corrected chi connectivity index (χ0v) is 26.5. The summed E-state index contributed by atoms with van der Waals surface area (Å²) < 4.78 is 27.6. The second kappa shape index (κ2) is 14.8. The van der Waals surface area contributed by atoms with Crippen LogP contribution in [-0.2, 0) is 21.4 Å². The summed E-state index contributed by atoms with van der Waals surface area (Å²) >= 11 is 0. The minimum atomic E-state index is -3.54. The zero-order chi connectivity index (χ0) is 30.2. The van der Waals surface area contributed by atoms with Crippen LogP contribution in [0.5, 0.6) is 0 Å². The van der Waals surface area contributed by atoms with E-state index in [2.05, 4.69) is 19.2 Å². The summed E-state index contributed by atoms with van der Waals surface area (Å²) in [6.07, 6.45) is 2.46. The van der Waals surface area contributed by atoms with Gasteiger partial charge in [-0.1, -0.05) is 62.7 Å². The summed E-state index contributed by atoms with van der Waals surface area (Å²) in [6.45, 7) is 13.6. The van der Waals surface area contributed by atoms with E-state index in [-0.39, 0.29) is 30.3 Å². The second-order valence-electron chi connectivity index (χ2n) is 11.7. The Morgan fingerprint density at radius 3 is 2.32 bits per heavy atom. The van der Waals surface area contributed by atoms with Crippen LogP contribution in [0.25, 0.3) is 0 Å². The van der Waals surface area contributed by atoms with Crippen molar-refractivity contribution in [3.8, 4) is 0 Å². The number of piperidine rings is 1. The van der Waals surface area contributed by atoms with Gasteiger partial charge in [-0.2, -0.15) is 4.31 Å². The van der Waals surface area contributed by atoms with Gasteiger partial charge in [0.05, 0.1) is 12.3 Å². The van der Waals surface area contributed by atoms with Gasteiger partial charge >= 0.3 is 6.03 Å². The monoisotopic (exact) mass is 584 g/mol. The first-order valence-corrected chi connectivity index (χ1v) is 16.5. The van der Waals surface area contributed by atoms with Gasteiger partial charge in [0.25, 0.3) is 0 Å². The fraction of sp³-hybridized carbons (Fsp3) is 0.562. The van der Waals surface area contributed by atoms with E-state index < -0.39 is 10.0 Å². The number of urea groups is 1. The first-order chi connectivity index (χ1) is 19.4. The minimum Gasteiger partial charge on any atom is -0.334 e. The minimum absolute atomic E-state index is 0.0319. The molecule has 226 valence electrons. The Kier molecular flexibility index (Phi) is 11.8. The molecule has 2 aromatic rings. The van der Waals surface area contributed by atoms with E-state index >= 15 is 0 Å². The molecule has 0 spiro atoms. The van der Waals surface area contributed by atoms with E-state index in [0.29, 0.717) is 57.8 Å². The van der Waals surface area contributed by atoms with Crippen LogP contribution in [-0.4, -0.2) is 72.4 Å². The van der Waals surface area contributed by atoms with Crippen LogP contribution in [0.2, 0.25) is 0 Å². The summed E-state index contributed by atoms with van der Waals surface area (Å²) in [5.41, 5.74) is 5.09. The molecule has 0 unspecified atom stereocenters. The maximum absolute atomic E-state index is 13.9. The number of benzene rings is 2. The molecule has 0 aromatic heterocycles. The number of aryl methyl sites for hydroxylation is 3. The lowest BCUT2D eigenvalue weighted by molar-refractivity contribution is -0.135. The predicted molar refractivity (Wildman–Crippen MR) is 166 cm³/mol. The molecule has 8 nitrogen and oxygen atoms in total. The third kappa shape index (κ3) is 9.30. The molecule has 1 fully saturated rings. The molecule has 41 heavy (non-hydrogen) atoms. The molecule has 1 aliphatic rings. The molecule has 1 saturated heterocycles. The van der Waals surface area contributed by atoms with Gasteiger partial charge in [-0.3, -0.25) is 4.79 Å². The third-order valence-corrected chi connectivity index (χ3v) is 9.88. The van der Waals surface area contributed by atoms with Crippen molar-refractivity contribution in [2.24, 2.45) is 5.92 Å². The van der Waals surface area contributed by atoms with Crippen molar-refractivity contribution in [1.82, 2.24) is 14.1 Å². The Labute approximate surface area is 247 Å². The van der Waals surface area contributed by atoms with Crippen LogP contribution in [0.1, 0.15) is 68.7 Å². The molecule has 0 radical (unpaired) electrons. The Bertz CT molecular complexity index is 1290. The number of rotatable bonds is 12. The Morgan fingerprint density at radius 2 is 1.71 bits per heavy atom. The van der Waals surface area contributed by atoms with Crippen molar-refractivity contribution in [3.63, 3.8) is 0 Å². The number of nitrogens with zero attached hydrogens (tertiary/aromatic N) is 3. The van der Waals surface area contributed by atoms with Gasteiger partial charge < -0.3 is 15.1 Å². The lowest BCUT2D eigenvalue weighted by atomic mass is 10.0. The van der Waals surface area contributed by atoms with Gasteiger partial charge in [0.1, 0.15) is 0 Å². The van der Waals surface area contributed by atoms with Crippen LogP contribution >= 0.6 is 0 Å². The fourth-order valence-corrected chi connectivity index (χ4v) is 6.73. The SMILES string of the molecule is CCCS(=O)(=O)N(CCC(C)C)CC(=O)N(Cc1ccccc1C)C1CCN(C(=O)Nc2ccc(C)cc2C)CC1. The third-order valence-electron chi connectivity index (χ3n) is 7.86. The Hall–Kier alpha value is -2.91. The number of carbonyl (C=O) groups excluding carboxylic acids is 2. The normalized spacial score (nSPS) is 14.5. The number of anilines is 1. The molecule has 3 rings (SSSR count). The first-order valence-electron chi connectivity index (χ1n) is 14.9. The van der Waals surface area contributed by atoms with E-state index in [4.69, 9.17) is 0 Å². The summed E-state index contributed by atoms with van der Waals surface area (Å²) in [5, 5.41) is 3.03. The fourth-order valence-electron chi connectivity index (χ4n) is 5.27. The van der Waals surface area contributed by atoms with E-state index in [1.807, 2.05) is 75.1 Å². The molecule has 0 aliphatic carbocycles. The average molecular weight is 585 g/mol. The van der Waals surface area contributed by atoms with E-state index in [9.17, 15) is 18.0 Å². The number of carbonyl (C=O) groups is 2. The molecule has 1 heterocycles. The van der Waals surface area contributed by atoms with Crippen molar-refractivity contribution < 1.29 is 18.0 Å². The van der Waals surface area contributed by atoms with Crippen LogP contribution in [0.15, 0.2) is 42.5 Å². The number of sulfonamides is 1. The maximum Gasteiger partial charge on any atom is 0.321 e. The molecule has 1 aliphatic heterocycles. The van der Waals surface area contributed by atoms with Gasteiger partial charge in [-0.05, 0) is 75.1 Å². The quantitative estimate of drug-likeness (QED) is 0.345. The number of hydrogen-bond donors (Lipinski definition) is 1. The van der Waals surface area contributed by atoms with E-state index in [0.717, 1.165) is 27.9 Å². The predicted octanol–water partition coefficient (Wildman–Crippen LogP) is 5.72. The van der Waals surface area contributed by atoms with E-state index in [1.54, 1.807) is 4.90 Å². The molecule has 0 bridgehead atoms. The number of hydrogen-bond acceptors (Lipinski definition) is 4. The number of likely N-dealkylation sites (tertiary alicyclic amines) is 1. The zero-order valence-electron chi connectivity index (χ0n) is 25.7. The molecular weight excluding hydrogens is 536 g/mol. The van der Waals surface area contributed by atoms with Crippen molar-refractivity contribution in [2.75, 3.05) is 37.2 Å². The van der Waals surface area contributed by atoms with Gasteiger partial charge in [-0.25, -0.2) is 13.2 Å². The second-order valence-corrected chi connectivity index (χ2v) is 13.8. The van der Waals surface area contributed by atoms with Crippen molar-refractivity contribution in [3.05, 3.63) is 64.7 Å². The topological polar surface area (TPSA) is 90.0 Å². The highest BCUT2D eigenvalue weighted by Gasteiger charge is 2.33. The smallest absolute Gasteiger partial charge is 0.321 e. The Balaban J connectivity index is 1.76. The molecular formula is C32H48N4O4S. The molecule has 2 aromatic carbocycles. The van der Waals surface area contributed by atoms with Crippen molar-refractivity contribution in [1.29, 1.82) is 0 Å². The largest absolute Gasteiger partial charge is 0.334 e. The molecule has 9 heteroatoms. The number of nitrogens with one attached hydrogen (secondary N) is 1. The van der Waals surface area contributed by atoms with Crippen molar-refractivity contribution >= 4 is 27.6 Å². The number of amides is 3. The van der Waals surface area contributed by atoms with Gasteiger partial charge in [0, 0.05) is 37.9 Å². The van der Waals surface area contributed by atoms with Crippen molar-refractivity contribution in [2.45, 2.75) is 79.8 Å². The molecule has 3 amide bonds. The summed E-state index contributed by atoms with van der Waals surface area (Å²) in [5.74, 6) is 0.172. The van der Waals surface area contributed by atoms with Gasteiger partial charge in [0.15, 0.2) is 0 Å². The standard InChI is InChI=1S/C32H48N4O4S/c1-7-20-41(39,40)35(19-14-24(2)3)23-31(37)36(22-28-11-9-8-10-26(28)5)29-15-17-34(18-16-29)32(38)33-30-13-12-25(4)21-27(30)6/h8-13,21,24,29H,7,14-20,22-23H2,1-6H3,(H,33,38). The van der Waals surface area contributed by atoms with E-state index in [1.165, 1.54) is 4.31 Å². The summed E-state index contributed by atoms with van der Waals surface area (Å²) in [6, 6.07) is 13.7. The van der Waals surface area contributed by atoms with Crippen LogP contribution in [0.4, 0.5) is 10.5 Å². The molecule has 0 saturated carbocycles. The van der Waals surface area contributed by atoms with Gasteiger partial charge in [0.2, 0.25) is 15.9 Å². The Morgan fingerprint density at radius 1 is 1.02 bits per heavy atom. The first kappa shape index (κ1) is 32.6. The maximum atomic E-state index is 13.9. The highest BCUT2D eigenvalue weighted by molar-refractivity contribution is 7.89. The highest BCUT2D eigenvalue weighted by atomic mass is 32.2. The lowest BCUT2D eigenvalue weighted by Crippen LogP contribution is -2.52. The summed E-state index contributed by atoms with van der Waals surface area (Å²) in [7, 11) is -3.54.